The molecule has 1 N–H and O–H groups in total. The second-order valence-electron chi connectivity index (χ2n) is 5.96. The van der Waals surface area contributed by atoms with Crippen LogP contribution < -0.4 is 10.2 Å². The van der Waals surface area contributed by atoms with Gasteiger partial charge in [0, 0.05) is 25.0 Å². The van der Waals surface area contributed by atoms with Gasteiger partial charge in [-0.3, -0.25) is 9.78 Å². The lowest BCUT2D eigenvalue weighted by Gasteiger charge is -2.17. The first-order valence-electron chi connectivity index (χ1n) is 7.71. The third kappa shape index (κ3) is 3.27. The zero-order valence-electron chi connectivity index (χ0n) is 13.1. The molecule has 1 aromatic carbocycles. The molecule has 3 rings (SSSR count). The maximum absolute atomic E-state index is 12.4. The van der Waals surface area contributed by atoms with Gasteiger partial charge in [0.05, 0.1) is 17.4 Å². The number of rotatable bonds is 3. The van der Waals surface area contributed by atoms with Crippen molar-refractivity contribution in [2.75, 3.05) is 23.3 Å². The Labute approximate surface area is 131 Å². The van der Waals surface area contributed by atoms with Crippen LogP contribution >= 0.6 is 0 Å². The summed E-state index contributed by atoms with van der Waals surface area (Å²) in [5.74, 6) is -0.112. The standard InChI is InChI=1S/C18H21N3O/c1-13-7-14(2)9-16(8-13)20-18(22)15-10-17(12-19-11-15)21-5-3-4-6-21/h7-12H,3-6H2,1-2H3,(H,20,22). The van der Waals surface area contributed by atoms with Gasteiger partial charge in [0.2, 0.25) is 0 Å². The van der Waals surface area contributed by atoms with Gasteiger partial charge in [-0.25, -0.2) is 0 Å². The summed E-state index contributed by atoms with van der Waals surface area (Å²) in [6.07, 6.45) is 5.87. The molecule has 0 atom stereocenters. The van der Waals surface area contributed by atoms with Gasteiger partial charge in [-0.2, -0.15) is 0 Å². The highest BCUT2D eigenvalue weighted by atomic mass is 16.1. The van der Waals surface area contributed by atoms with Gasteiger partial charge < -0.3 is 10.2 Å². The number of pyridine rings is 1. The SMILES string of the molecule is Cc1cc(C)cc(NC(=O)c2cncc(N3CCCC3)c2)c1. The summed E-state index contributed by atoms with van der Waals surface area (Å²) >= 11 is 0. The topological polar surface area (TPSA) is 45.2 Å². The number of nitrogens with zero attached hydrogens (tertiary/aromatic N) is 2. The Morgan fingerprint density at radius 3 is 2.41 bits per heavy atom. The smallest absolute Gasteiger partial charge is 0.257 e. The third-order valence-corrected chi connectivity index (χ3v) is 3.94. The molecule has 0 saturated carbocycles. The van der Waals surface area contributed by atoms with E-state index in [0.717, 1.165) is 35.6 Å². The van der Waals surface area contributed by atoms with Crippen molar-refractivity contribution in [1.29, 1.82) is 0 Å². The highest BCUT2D eigenvalue weighted by molar-refractivity contribution is 6.04. The van der Waals surface area contributed by atoms with Crippen molar-refractivity contribution in [3.8, 4) is 0 Å². The summed E-state index contributed by atoms with van der Waals surface area (Å²) in [6.45, 7) is 6.14. The number of nitrogens with one attached hydrogen (secondary N) is 1. The normalized spacial score (nSPS) is 14.2. The molecule has 0 radical (unpaired) electrons. The molecule has 2 aromatic rings. The van der Waals surface area contributed by atoms with E-state index in [1.807, 2.05) is 38.2 Å². The van der Waals surface area contributed by atoms with Gasteiger partial charge >= 0.3 is 0 Å². The Morgan fingerprint density at radius 2 is 1.73 bits per heavy atom. The second kappa shape index (κ2) is 6.18. The van der Waals surface area contributed by atoms with E-state index in [2.05, 4.69) is 21.3 Å². The highest BCUT2D eigenvalue weighted by Gasteiger charge is 2.15. The Bertz CT molecular complexity index is 670. The first-order valence-corrected chi connectivity index (χ1v) is 7.71. The Balaban J connectivity index is 1.78. The molecule has 1 aromatic heterocycles. The van der Waals surface area contributed by atoms with Crippen molar-refractivity contribution in [2.24, 2.45) is 0 Å². The largest absolute Gasteiger partial charge is 0.370 e. The maximum atomic E-state index is 12.4. The average molecular weight is 295 g/mol. The molecule has 0 spiro atoms. The quantitative estimate of drug-likeness (QED) is 0.942. The predicted molar refractivity (Wildman–Crippen MR) is 89.6 cm³/mol. The van der Waals surface area contributed by atoms with Crippen molar-refractivity contribution in [2.45, 2.75) is 26.7 Å². The number of carbonyl (C=O) groups excluding carboxylic acids is 1. The molecule has 4 nitrogen and oxygen atoms in total. The predicted octanol–water partition coefficient (Wildman–Crippen LogP) is 3.55. The number of aromatic nitrogens is 1. The van der Waals surface area contributed by atoms with E-state index in [-0.39, 0.29) is 5.91 Å². The van der Waals surface area contributed by atoms with Gasteiger partial charge in [0.1, 0.15) is 0 Å². The van der Waals surface area contributed by atoms with Crippen molar-refractivity contribution in [1.82, 2.24) is 4.98 Å². The number of anilines is 2. The number of aryl methyl sites for hydroxylation is 2. The van der Waals surface area contributed by atoms with Gasteiger partial charge in [0.25, 0.3) is 5.91 Å². The van der Waals surface area contributed by atoms with E-state index in [1.165, 1.54) is 12.8 Å². The lowest BCUT2D eigenvalue weighted by atomic mass is 10.1. The van der Waals surface area contributed by atoms with Crippen molar-refractivity contribution in [3.63, 3.8) is 0 Å². The first kappa shape index (κ1) is 14.6. The van der Waals surface area contributed by atoms with Crippen LogP contribution in [0.3, 0.4) is 0 Å². The third-order valence-electron chi connectivity index (χ3n) is 3.94. The second-order valence-corrected chi connectivity index (χ2v) is 5.96. The van der Waals surface area contributed by atoms with E-state index in [1.54, 1.807) is 6.20 Å². The summed E-state index contributed by atoms with van der Waals surface area (Å²) in [6, 6.07) is 7.97. The van der Waals surface area contributed by atoms with Crippen LogP contribution in [-0.4, -0.2) is 24.0 Å². The summed E-state index contributed by atoms with van der Waals surface area (Å²) in [5.41, 5.74) is 4.74. The van der Waals surface area contributed by atoms with E-state index in [0.29, 0.717) is 5.56 Å². The molecule has 1 saturated heterocycles. The monoisotopic (exact) mass is 295 g/mol. The molecule has 1 amide bonds. The fraction of sp³-hybridized carbons (Fsp3) is 0.333. The van der Waals surface area contributed by atoms with E-state index < -0.39 is 0 Å². The van der Waals surface area contributed by atoms with E-state index >= 15 is 0 Å². The van der Waals surface area contributed by atoms with Crippen molar-refractivity contribution < 1.29 is 4.79 Å². The Hall–Kier alpha value is -2.36. The molecule has 1 aliphatic rings. The first-order chi connectivity index (χ1) is 10.6. The molecule has 0 unspecified atom stereocenters. The number of hydrogen-bond donors (Lipinski definition) is 1. The van der Waals surface area contributed by atoms with Crippen LogP contribution in [0.5, 0.6) is 0 Å². The molecule has 1 aliphatic heterocycles. The number of hydrogen-bond acceptors (Lipinski definition) is 3. The van der Waals surface area contributed by atoms with Crippen LogP contribution in [0.15, 0.2) is 36.7 Å². The van der Waals surface area contributed by atoms with Crippen LogP contribution in [0.2, 0.25) is 0 Å². The molecular formula is C18H21N3O. The van der Waals surface area contributed by atoms with Crippen LogP contribution in [0.25, 0.3) is 0 Å². The van der Waals surface area contributed by atoms with Crippen molar-refractivity contribution >= 4 is 17.3 Å². The molecule has 22 heavy (non-hydrogen) atoms. The molecular weight excluding hydrogens is 274 g/mol. The minimum atomic E-state index is -0.112. The minimum absolute atomic E-state index is 0.112. The summed E-state index contributed by atoms with van der Waals surface area (Å²) in [4.78, 5) is 18.9. The zero-order chi connectivity index (χ0) is 15.5. The fourth-order valence-electron chi connectivity index (χ4n) is 2.95. The molecule has 0 bridgehead atoms. The summed E-state index contributed by atoms with van der Waals surface area (Å²) < 4.78 is 0. The number of benzene rings is 1. The van der Waals surface area contributed by atoms with Gasteiger partial charge in [-0.15, -0.1) is 0 Å². The molecule has 4 heteroatoms. The van der Waals surface area contributed by atoms with E-state index in [9.17, 15) is 4.79 Å². The zero-order valence-corrected chi connectivity index (χ0v) is 13.1. The van der Waals surface area contributed by atoms with Crippen LogP contribution in [0, 0.1) is 13.8 Å². The lowest BCUT2D eigenvalue weighted by Crippen LogP contribution is -2.19. The summed E-state index contributed by atoms with van der Waals surface area (Å²) in [7, 11) is 0. The maximum Gasteiger partial charge on any atom is 0.257 e. The van der Waals surface area contributed by atoms with E-state index in [4.69, 9.17) is 0 Å². The highest BCUT2D eigenvalue weighted by Crippen LogP contribution is 2.21. The Kier molecular flexibility index (Phi) is 4.09. The van der Waals surface area contributed by atoms with Gasteiger partial charge in [0.15, 0.2) is 0 Å². The number of carbonyl (C=O) groups is 1. The fourth-order valence-corrected chi connectivity index (χ4v) is 2.95. The summed E-state index contributed by atoms with van der Waals surface area (Å²) in [5, 5.41) is 2.96. The lowest BCUT2D eigenvalue weighted by molar-refractivity contribution is 0.102. The van der Waals surface area contributed by atoms with Gasteiger partial charge in [-0.1, -0.05) is 6.07 Å². The van der Waals surface area contributed by atoms with Crippen LogP contribution in [0.1, 0.15) is 34.3 Å². The van der Waals surface area contributed by atoms with Crippen LogP contribution in [0.4, 0.5) is 11.4 Å². The molecule has 114 valence electrons. The molecule has 1 fully saturated rings. The Morgan fingerprint density at radius 1 is 1.05 bits per heavy atom. The van der Waals surface area contributed by atoms with Crippen molar-refractivity contribution in [3.05, 3.63) is 53.3 Å². The number of amides is 1. The van der Waals surface area contributed by atoms with Crippen LogP contribution in [-0.2, 0) is 0 Å². The molecule has 2 heterocycles. The van der Waals surface area contributed by atoms with Gasteiger partial charge in [-0.05, 0) is 56.0 Å². The minimum Gasteiger partial charge on any atom is -0.370 e. The molecule has 0 aliphatic carbocycles. The average Bonchev–Trinajstić information content (AvgIpc) is 3.00.